The molecule has 2 aromatic rings. The molecule has 0 saturated heterocycles. The van der Waals surface area contributed by atoms with E-state index >= 15 is 0 Å². The average Bonchev–Trinajstić information content (AvgIpc) is 2.59. The summed E-state index contributed by atoms with van der Waals surface area (Å²) in [7, 11) is 0. The molecule has 0 radical (unpaired) electrons. The maximum absolute atomic E-state index is 11.8. The minimum Gasteiger partial charge on any atom is -0.489 e. The monoisotopic (exact) mass is 364 g/mol. The summed E-state index contributed by atoms with van der Waals surface area (Å²) in [4.78, 5) is 11.8. The molecule has 0 saturated carbocycles. The molecule has 5 nitrogen and oxygen atoms in total. The van der Waals surface area contributed by atoms with Crippen LogP contribution in [0.2, 0.25) is 0 Å². The fraction of sp³-hybridized carbons (Fsp3) is 0.316. The van der Waals surface area contributed by atoms with Crippen molar-refractivity contribution in [2.75, 3.05) is 13.2 Å². The first-order chi connectivity index (χ1) is 11.5. The Morgan fingerprint density at radius 3 is 2.12 bits per heavy atom. The van der Waals surface area contributed by atoms with Gasteiger partial charge in [0, 0.05) is 12.1 Å². The van der Waals surface area contributed by atoms with Crippen LogP contribution in [0, 0.1) is 0 Å². The molecule has 1 amide bonds. The van der Waals surface area contributed by atoms with Gasteiger partial charge in [0.15, 0.2) is 6.61 Å². The number of amides is 1. The first-order valence-electron chi connectivity index (χ1n) is 7.89. The lowest BCUT2D eigenvalue weighted by molar-refractivity contribution is -0.124. The Hall–Kier alpha value is -2.24. The van der Waals surface area contributed by atoms with E-state index in [0.717, 1.165) is 11.3 Å². The number of benzene rings is 2. The molecule has 0 unspecified atom stereocenters. The molecule has 6 heteroatoms. The molecule has 0 aliphatic rings. The van der Waals surface area contributed by atoms with Crippen LogP contribution in [0.5, 0.6) is 11.5 Å². The molecule has 0 aromatic heterocycles. The van der Waals surface area contributed by atoms with Gasteiger partial charge in [-0.05, 0) is 43.7 Å². The Morgan fingerprint density at radius 1 is 1.00 bits per heavy atom. The summed E-state index contributed by atoms with van der Waals surface area (Å²) in [6, 6.07) is 17.2. The summed E-state index contributed by atoms with van der Waals surface area (Å²) in [5.41, 5.74) is 6.25. The predicted octanol–water partition coefficient (Wildman–Crippen LogP) is 2.92. The zero-order chi connectivity index (χ0) is 17.4. The van der Waals surface area contributed by atoms with Crippen LogP contribution in [0.15, 0.2) is 54.6 Å². The lowest BCUT2D eigenvalue weighted by Crippen LogP contribution is -2.50. The summed E-state index contributed by atoms with van der Waals surface area (Å²) in [6.07, 6.45) is 0. The molecule has 0 heterocycles. The fourth-order valence-corrected chi connectivity index (χ4v) is 1.99. The van der Waals surface area contributed by atoms with E-state index in [2.05, 4.69) is 5.32 Å². The Kier molecular flexibility index (Phi) is 8.25. The highest BCUT2D eigenvalue weighted by atomic mass is 35.5. The molecular formula is C19H25ClN2O3. The van der Waals surface area contributed by atoms with Gasteiger partial charge < -0.3 is 20.5 Å². The molecule has 0 aliphatic carbocycles. The van der Waals surface area contributed by atoms with Crippen molar-refractivity contribution in [2.24, 2.45) is 5.73 Å². The van der Waals surface area contributed by atoms with Gasteiger partial charge in [-0.3, -0.25) is 4.79 Å². The van der Waals surface area contributed by atoms with Gasteiger partial charge in [0.05, 0.1) is 0 Å². The summed E-state index contributed by atoms with van der Waals surface area (Å²) in [5.74, 6) is 1.16. The van der Waals surface area contributed by atoms with E-state index in [1.807, 2.05) is 56.3 Å². The zero-order valence-electron chi connectivity index (χ0n) is 14.5. The third-order valence-electron chi connectivity index (χ3n) is 3.43. The lowest BCUT2D eigenvalue weighted by atomic mass is 10.1. The van der Waals surface area contributed by atoms with Crippen LogP contribution in [0.4, 0.5) is 0 Å². The smallest absolute Gasteiger partial charge is 0.258 e. The minimum atomic E-state index is -0.435. The van der Waals surface area contributed by atoms with Crippen LogP contribution in [-0.2, 0) is 11.4 Å². The van der Waals surface area contributed by atoms with Crippen LogP contribution >= 0.6 is 12.4 Å². The first kappa shape index (κ1) is 20.8. The number of carbonyl (C=O) groups excluding carboxylic acids is 1. The number of hydrogen-bond donors (Lipinski definition) is 2. The average molecular weight is 365 g/mol. The van der Waals surface area contributed by atoms with Crippen molar-refractivity contribution in [2.45, 2.75) is 26.0 Å². The van der Waals surface area contributed by atoms with Crippen LogP contribution in [0.3, 0.4) is 0 Å². The Balaban J connectivity index is 0.00000312. The third kappa shape index (κ3) is 7.45. The molecule has 2 aromatic carbocycles. The van der Waals surface area contributed by atoms with E-state index in [1.54, 1.807) is 12.1 Å². The number of carbonyl (C=O) groups is 1. The summed E-state index contributed by atoms with van der Waals surface area (Å²) >= 11 is 0. The second kappa shape index (κ2) is 9.91. The standard InChI is InChI=1S/C19H24N2O3.ClH/c1-19(2,14-20)21-18(22)13-24-17-10-8-16(9-11-17)23-12-15-6-4-3-5-7-15;/h3-11H,12-14,20H2,1-2H3,(H,21,22);1H. The van der Waals surface area contributed by atoms with Gasteiger partial charge in [-0.2, -0.15) is 0 Å². The molecule has 0 spiro atoms. The fourth-order valence-electron chi connectivity index (χ4n) is 1.99. The Morgan fingerprint density at radius 2 is 1.56 bits per heavy atom. The molecule has 25 heavy (non-hydrogen) atoms. The second-order valence-electron chi connectivity index (χ2n) is 6.17. The zero-order valence-corrected chi connectivity index (χ0v) is 15.3. The number of ether oxygens (including phenoxy) is 2. The normalized spacial score (nSPS) is 10.5. The van der Waals surface area contributed by atoms with Gasteiger partial charge in [-0.15, -0.1) is 12.4 Å². The predicted molar refractivity (Wildman–Crippen MR) is 101 cm³/mol. The van der Waals surface area contributed by atoms with E-state index in [0.29, 0.717) is 18.9 Å². The minimum absolute atomic E-state index is 0. The quantitative estimate of drug-likeness (QED) is 0.755. The first-order valence-corrected chi connectivity index (χ1v) is 7.89. The van der Waals surface area contributed by atoms with Gasteiger partial charge in [-0.1, -0.05) is 30.3 Å². The van der Waals surface area contributed by atoms with Crippen LogP contribution in [0.25, 0.3) is 0 Å². The van der Waals surface area contributed by atoms with Crippen LogP contribution < -0.4 is 20.5 Å². The van der Waals surface area contributed by atoms with E-state index < -0.39 is 5.54 Å². The van der Waals surface area contributed by atoms with Gasteiger partial charge in [0.2, 0.25) is 0 Å². The summed E-state index contributed by atoms with van der Waals surface area (Å²) < 4.78 is 11.2. The number of nitrogens with one attached hydrogen (secondary N) is 1. The number of hydrogen-bond acceptors (Lipinski definition) is 4. The Labute approximate surface area is 154 Å². The van der Waals surface area contributed by atoms with Crippen molar-refractivity contribution in [3.8, 4) is 11.5 Å². The van der Waals surface area contributed by atoms with Crippen molar-refractivity contribution < 1.29 is 14.3 Å². The molecular weight excluding hydrogens is 340 g/mol. The summed E-state index contributed by atoms with van der Waals surface area (Å²) in [5, 5.41) is 2.81. The van der Waals surface area contributed by atoms with Crippen LogP contribution in [0.1, 0.15) is 19.4 Å². The highest BCUT2D eigenvalue weighted by Gasteiger charge is 2.18. The van der Waals surface area contributed by atoms with Crippen molar-refractivity contribution in [3.63, 3.8) is 0 Å². The number of halogens is 1. The highest BCUT2D eigenvalue weighted by Crippen LogP contribution is 2.18. The molecule has 0 atom stereocenters. The van der Waals surface area contributed by atoms with Gasteiger partial charge in [0.25, 0.3) is 5.91 Å². The van der Waals surface area contributed by atoms with Crippen molar-refractivity contribution in [1.82, 2.24) is 5.32 Å². The van der Waals surface area contributed by atoms with Gasteiger partial charge in [0.1, 0.15) is 18.1 Å². The van der Waals surface area contributed by atoms with E-state index in [4.69, 9.17) is 15.2 Å². The van der Waals surface area contributed by atoms with E-state index in [1.165, 1.54) is 0 Å². The maximum Gasteiger partial charge on any atom is 0.258 e. The molecule has 0 fully saturated rings. The lowest BCUT2D eigenvalue weighted by Gasteiger charge is -2.24. The van der Waals surface area contributed by atoms with Crippen molar-refractivity contribution in [1.29, 1.82) is 0 Å². The van der Waals surface area contributed by atoms with Crippen molar-refractivity contribution in [3.05, 3.63) is 60.2 Å². The Bertz CT molecular complexity index is 645. The summed E-state index contributed by atoms with van der Waals surface area (Å²) in [6.45, 7) is 4.56. The molecule has 0 aliphatic heterocycles. The van der Waals surface area contributed by atoms with E-state index in [-0.39, 0.29) is 24.9 Å². The van der Waals surface area contributed by atoms with Crippen molar-refractivity contribution >= 4 is 18.3 Å². The number of rotatable bonds is 8. The number of nitrogens with two attached hydrogens (primary N) is 1. The SMILES string of the molecule is CC(C)(CN)NC(=O)COc1ccc(OCc2ccccc2)cc1.Cl. The molecule has 2 rings (SSSR count). The topological polar surface area (TPSA) is 73.6 Å². The molecule has 136 valence electrons. The highest BCUT2D eigenvalue weighted by molar-refractivity contribution is 5.85. The second-order valence-corrected chi connectivity index (χ2v) is 6.17. The van der Waals surface area contributed by atoms with Gasteiger partial charge >= 0.3 is 0 Å². The molecule has 3 N–H and O–H groups in total. The third-order valence-corrected chi connectivity index (χ3v) is 3.43. The molecule has 0 bridgehead atoms. The largest absolute Gasteiger partial charge is 0.489 e. The van der Waals surface area contributed by atoms with E-state index in [9.17, 15) is 4.79 Å². The maximum atomic E-state index is 11.8. The van der Waals surface area contributed by atoms with Gasteiger partial charge in [-0.25, -0.2) is 0 Å². The van der Waals surface area contributed by atoms with Crippen LogP contribution in [-0.4, -0.2) is 24.6 Å².